The van der Waals surface area contributed by atoms with Gasteiger partial charge in [-0.2, -0.15) is 13.2 Å². The van der Waals surface area contributed by atoms with Gasteiger partial charge in [0.15, 0.2) is 0 Å². The predicted molar refractivity (Wildman–Crippen MR) is 122 cm³/mol. The van der Waals surface area contributed by atoms with E-state index in [9.17, 15) is 26.4 Å². The molecule has 2 aromatic rings. The third kappa shape index (κ3) is 6.40. The Labute approximate surface area is 192 Å². The molecule has 1 fully saturated rings. The fraction of sp³-hybridized carbons (Fsp3) is 0.435. The summed E-state index contributed by atoms with van der Waals surface area (Å²) in [5, 5.41) is 0. The van der Waals surface area contributed by atoms with E-state index in [1.807, 2.05) is 30.6 Å². The Balaban J connectivity index is 1.73. The molecule has 10 heteroatoms. The predicted octanol–water partition coefficient (Wildman–Crippen LogP) is 4.59. The van der Waals surface area contributed by atoms with Crippen LogP contribution in [0.3, 0.4) is 0 Å². The van der Waals surface area contributed by atoms with Crippen LogP contribution in [0.4, 0.5) is 24.5 Å². The number of benzene rings is 2. The summed E-state index contributed by atoms with van der Waals surface area (Å²) in [4.78, 5) is 16.0. The lowest BCUT2D eigenvalue weighted by molar-refractivity contribution is -0.137. The summed E-state index contributed by atoms with van der Waals surface area (Å²) in [7, 11) is -4.09. The number of anilines is 2. The smallest absolute Gasteiger partial charge is 0.366 e. The van der Waals surface area contributed by atoms with Gasteiger partial charge in [-0.1, -0.05) is 32.9 Å². The standard InChI is InChI=1S/C23H28F3N3O3S/c1-22(2,3)16-21(30)29-14-12-28(13-15-29)20-7-5-4-6-19(20)27-33(31,32)18-10-8-17(9-11-18)23(24,25)26/h4-11,27H,12-16H2,1-3H3. The summed E-state index contributed by atoms with van der Waals surface area (Å²) in [6.07, 6.45) is -4.09. The van der Waals surface area contributed by atoms with E-state index in [0.717, 1.165) is 24.3 Å². The Hall–Kier alpha value is -2.75. The van der Waals surface area contributed by atoms with Crippen LogP contribution in [0.2, 0.25) is 0 Å². The Kier molecular flexibility index (Phi) is 6.97. The van der Waals surface area contributed by atoms with Crippen molar-refractivity contribution in [3.63, 3.8) is 0 Å². The van der Waals surface area contributed by atoms with E-state index in [4.69, 9.17) is 0 Å². The number of carbonyl (C=O) groups is 1. The fourth-order valence-corrected chi connectivity index (χ4v) is 4.70. The van der Waals surface area contributed by atoms with Crippen LogP contribution in [-0.4, -0.2) is 45.4 Å². The monoisotopic (exact) mass is 483 g/mol. The van der Waals surface area contributed by atoms with Crippen LogP contribution in [0.15, 0.2) is 53.4 Å². The third-order valence-electron chi connectivity index (χ3n) is 5.29. The quantitative estimate of drug-likeness (QED) is 0.675. The lowest BCUT2D eigenvalue weighted by atomic mass is 9.91. The summed E-state index contributed by atoms with van der Waals surface area (Å²) in [6.45, 7) is 8.16. The molecule has 0 radical (unpaired) electrons. The Bertz CT molecular complexity index is 1090. The van der Waals surface area contributed by atoms with Crippen LogP contribution in [0, 0.1) is 5.41 Å². The zero-order chi connectivity index (χ0) is 24.4. The van der Waals surface area contributed by atoms with E-state index in [2.05, 4.69) is 4.72 Å². The molecule has 33 heavy (non-hydrogen) atoms. The van der Waals surface area contributed by atoms with E-state index < -0.39 is 21.8 Å². The largest absolute Gasteiger partial charge is 0.416 e. The number of piperazine rings is 1. The average molecular weight is 484 g/mol. The minimum atomic E-state index is -4.54. The topological polar surface area (TPSA) is 69.7 Å². The molecule has 0 aromatic heterocycles. The van der Waals surface area contributed by atoms with Gasteiger partial charge in [0.05, 0.1) is 21.8 Å². The second-order valence-electron chi connectivity index (χ2n) is 9.25. The molecule has 1 N–H and O–H groups in total. The zero-order valence-electron chi connectivity index (χ0n) is 18.8. The first-order chi connectivity index (χ1) is 15.3. The van der Waals surface area contributed by atoms with Crippen LogP contribution in [0.5, 0.6) is 0 Å². The highest BCUT2D eigenvalue weighted by molar-refractivity contribution is 7.92. The van der Waals surface area contributed by atoms with Gasteiger partial charge in [0, 0.05) is 32.6 Å². The average Bonchev–Trinajstić information content (AvgIpc) is 2.72. The molecule has 1 amide bonds. The molecule has 1 heterocycles. The normalized spacial score (nSPS) is 15.5. The first-order valence-electron chi connectivity index (χ1n) is 10.6. The molecule has 0 atom stereocenters. The van der Waals surface area contributed by atoms with E-state index in [1.54, 1.807) is 24.3 Å². The summed E-state index contributed by atoms with van der Waals surface area (Å²) in [6, 6.07) is 10.2. The third-order valence-corrected chi connectivity index (χ3v) is 6.68. The van der Waals surface area contributed by atoms with Gasteiger partial charge in [-0.05, 0) is 41.8 Å². The van der Waals surface area contributed by atoms with Crippen molar-refractivity contribution in [1.82, 2.24) is 4.90 Å². The van der Waals surface area contributed by atoms with Crippen molar-refractivity contribution < 1.29 is 26.4 Å². The summed E-state index contributed by atoms with van der Waals surface area (Å²) < 4.78 is 66.5. The number of carbonyl (C=O) groups excluding carboxylic acids is 1. The minimum Gasteiger partial charge on any atom is -0.366 e. The number of hydrogen-bond donors (Lipinski definition) is 1. The molecule has 0 saturated carbocycles. The molecule has 1 aliphatic rings. The maximum Gasteiger partial charge on any atom is 0.416 e. The van der Waals surface area contributed by atoms with Crippen LogP contribution < -0.4 is 9.62 Å². The molecule has 6 nitrogen and oxygen atoms in total. The Morgan fingerprint density at radius 3 is 2.06 bits per heavy atom. The van der Waals surface area contributed by atoms with Gasteiger partial charge < -0.3 is 9.80 Å². The highest BCUT2D eigenvalue weighted by atomic mass is 32.2. The molecule has 2 aromatic carbocycles. The van der Waals surface area contributed by atoms with Crippen LogP contribution in [0.25, 0.3) is 0 Å². The van der Waals surface area contributed by atoms with E-state index >= 15 is 0 Å². The second kappa shape index (κ2) is 9.24. The number of rotatable bonds is 5. The van der Waals surface area contributed by atoms with Crippen LogP contribution >= 0.6 is 0 Å². The maximum atomic E-state index is 12.8. The Morgan fingerprint density at radius 1 is 0.939 bits per heavy atom. The lowest BCUT2D eigenvalue weighted by Crippen LogP contribution is -2.49. The van der Waals surface area contributed by atoms with Crippen molar-refractivity contribution in [2.75, 3.05) is 35.8 Å². The summed E-state index contributed by atoms with van der Waals surface area (Å²) >= 11 is 0. The van der Waals surface area contributed by atoms with Crippen LogP contribution in [-0.2, 0) is 21.0 Å². The summed E-state index contributed by atoms with van der Waals surface area (Å²) in [5.74, 6) is 0.0958. The number of hydrogen-bond acceptors (Lipinski definition) is 4. The van der Waals surface area contributed by atoms with E-state index in [1.165, 1.54) is 0 Å². The molecule has 0 aliphatic carbocycles. The SMILES string of the molecule is CC(C)(C)CC(=O)N1CCN(c2ccccc2NS(=O)(=O)c2ccc(C(F)(F)F)cc2)CC1. The summed E-state index contributed by atoms with van der Waals surface area (Å²) in [5.41, 5.74) is -0.0410. The van der Waals surface area contributed by atoms with Crippen molar-refractivity contribution >= 4 is 27.3 Å². The second-order valence-corrected chi connectivity index (χ2v) is 10.9. The first kappa shape index (κ1) is 24.9. The molecule has 180 valence electrons. The number of para-hydroxylation sites is 2. The molecule has 0 unspecified atom stereocenters. The molecule has 0 bridgehead atoms. The van der Waals surface area contributed by atoms with Crippen molar-refractivity contribution in [2.24, 2.45) is 5.41 Å². The first-order valence-corrected chi connectivity index (χ1v) is 12.1. The van der Waals surface area contributed by atoms with Crippen molar-refractivity contribution in [3.05, 3.63) is 54.1 Å². The molecular weight excluding hydrogens is 455 g/mol. The van der Waals surface area contributed by atoms with Gasteiger partial charge >= 0.3 is 6.18 Å². The highest BCUT2D eigenvalue weighted by Gasteiger charge is 2.31. The van der Waals surface area contributed by atoms with Crippen LogP contribution in [0.1, 0.15) is 32.8 Å². The van der Waals surface area contributed by atoms with Gasteiger partial charge in [-0.25, -0.2) is 8.42 Å². The highest BCUT2D eigenvalue weighted by Crippen LogP contribution is 2.32. The maximum absolute atomic E-state index is 12.8. The molecule has 0 spiro atoms. The number of nitrogens with zero attached hydrogens (tertiary/aromatic N) is 2. The number of halogens is 3. The number of alkyl halides is 3. The van der Waals surface area contributed by atoms with Crippen molar-refractivity contribution in [2.45, 2.75) is 38.3 Å². The lowest BCUT2D eigenvalue weighted by Gasteiger charge is -2.37. The van der Waals surface area contributed by atoms with Crippen molar-refractivity contribution in [3.8, 4) is 0 Å². The molecule has 1 saturated heterocycles. The van der Waals surface area contributed by atoms with Gasteiger partial charge in [-0.3, -0.25) is 9.52 Å². The Morgan fingerprint density at radius 2 is 1.52 bits per heavy atom. The molecule has 3 rings (SSSR count). The van der Waals surface area contributed by atoms with Gasteiger partial charge in [-0.15, -0.1) is 0 Å². The fourth-order valence-electron chi connectivity index (χ4n) is 3.62. The number of amides is 1. The van der Waals surface area contributed by atoms with E-state index in [0.29, 0.717) is 44.0 Å². The van der Waals surface area contributed by atoms with Gasteiger partial charge in [0.2, 0.25) is 5.91 Å². The molecule has 1 aliphatic heterocycles. The van der Waals surface area contributed by atoms with Crippen molar-refractivity contribution in [1.29, 1.82) is 0 Å². The minimum absolute atomic E-state index is 0.0958. The van der Waals surface area contributed by atoms with Gasteiger partial charge in [0.25, 0.3) is 10.0 Å². The van der Waals surface area contributed by atoms with Gasteiger partial charge in [0.1, 0.15) is 0 Å². The number of sulfonamides is 1. The van der Waals surface area contributed by atoms with E-state index in [-0.39, 0.29) is 16.2 Å². The zero-order valence-corrected chi connectivity index (χ0v) is 19.6. The molecular formula is C23H28F3N3O3S. The number of nitrogens with one attached hydrogen (secondary N) is 1.